The van der Waals surface area contributed by atoms with Gasteiger partial charge in [-0.15, -0.1) is 0 Å². The van der Waals surface area contributed by atoms with Gasteiger partial charge in [-0.05, 0) is 95.0 Å². The van der Waals surface area contributed by atoms with Crippen LogP contribution in [0, 0.1) is 35.5 Å². The van der Waals surface area contributed by atoms with Crippen LogP contribution in [0.25, 0.3) is 0 Å². The lowest BCUT2D eigenvalue weighted by Gasteiger charge is -2.45. The standard InChI is InChI=1S/C63H109N3O17/c1-11-21-46(12-2)38-80-57(75)36-58(76)81-49-30-47(67)32-50-34-55(73)60(77)63(79,83-50)37-56(74)41(5)27-28-51(69)45(9)54(72)35-53(71)40(4)24-20-26-44(8)61(78)82-59(43(7)25-19-23-39(3)52(70)33-48(68)31-49)42(6)22-17-15-13-14-16-18-29-66-62(64)65-10/h13-14,19-20,23-26,40-43,45-56,59-60,67-74,77,79H,11-12,15-18,21-22,27-38H2,1-10H3,(H3,64,65,66). The van der Waals surface area contributed by atoms with Gasteiger partial charge in [0.25, 0.3) is 0 Å². The summed E-state index contributed by atoms with van der Waals surface area (Å²) in [5.74, 6) is -6.34. The zero-order valence-corrected chi connectivity index (χ0v) is 51.5. The second-order valence-electron chi connectivity index (χ2n) is 23.9. The summed E-state index contributed by atoms with van der Waals surface area (Å²) in [6.07, 6.45) is 4.39. The third-order valence-electron chi connectivity index (χ3n) is 16.5. The van der Waals surface area contributed by atoms with Crippen LogP contribution in [-0.2, 0) is 33.3 Å². The largest absolute Gasteiger partial charge is 0.465 e. The molecule has 0 aliphatic carbocycles. The van der Waals surface area contributed by atoms with Crippen LogP contribution in [0.15, 0.2) is 64.7 Å². The van der Waals surface area contributed by atoms with Crippen molar-refractivity contribution in [1.82, 2.24) is 5.32 Å². The molecule has 0 amide bonds. The summed E-state index contributed by atoms with van der Waals surface area (Å²) >= 11 is 0. The first kappa shape index (κ1) is 75.0. The zero-order valence-electron chi connectivity index (χ0n) is 51.5. The van der Waals surface area contributed by atoms with Crippen LogP contribution < -0.4 is 11.1 Å². The Morgan fingerprint density at radius 1 is 0.795 bits per heavy atom. The van der Waals surface area contributed by atoms with E-state index in [0.717, 1.165) is 51.4 Å². The van der Waals surface area contributed by atoms with Crippen molar-refractivity contribution in [2.24, 2.45) is 46.2 Å². The van der Waals surface area contributed by atoms with Gasteiger partial charge in [-0.2, -0.15) is 0 Å². The highest BCUT2D eigenvalue weighted by Crippen LogP contribution is 2.36. The molecule has 0 aromatic carbocycles. The topological polar surface area (TPSA) is 341 Å². The van der Waals surface area contributed by atoms with Crippen molar-refractivity contribution in [3.63, 3.8) is 0 Å². The predicted molar refractivity (Wildman–Crippen MR) is 319 cm³/mol. The third kappa shape index (κ3) is 28.8. The normalized spacial score (nSPS) is 34.1. The number of carbonyl (C=O) groups excluding carboxylic acids is 3. The van der Waals surface area contributed by atoms with Crippen LogP contribution in [0.5, 0.6) is 0 Å². The Morgan fingerprint density at radius 3 is 2.08 bits per heavy atom. The summed E-state index contributed by atoms with van der Waals surface area (Å²) in [6, 6.07) is 0. The van der Waals surface area contributed by atoms with Crippen molar-refractivity contribution in [2.45, 2.75) is 257 Å². The van der Waals surface area contributed by atoms with Crippen LogP contribution in [0.2, 0.25) is 0 Å². The van der Waals surface area contributed by atoms with Gasteiger partial charge in [0, 0.05) is 75.4 Å². The number of rotatable bonds is 17. The molecule has 20 heteroatoms. The van der Waals surface area contributed by atoms with Gasteiger partial charge in [-0.25, -0.2) is 4.79 Å². The molecule has 13 N–H and O–H groups in total. The maximum Gasteiger partial charge on any atom is 0.334 e. The number of hydrogen-bond donors (Lipinski definition) is 12. The molecule has 83 heavy (non-hydrogen) atoms. The Bertz CT molecular complexity index is 2070. The second-order valence-corrected chi connectivity index (χ2v) is 23.9. The number of esters is 3. The van der Waals surface area contributed by atoms with Gasteiger partial charge in [0.15, 0.2) is 11.7 Å². The summed E-state index contributed by atoms with van der Waals surface area (Å²) < 4.78 is 23.2. The number of nitrogens with one attached hydrogen (secondary N) is 1. The van der Waals surface area contributed by atoms with E-state index < -0.39 is 128 Å². The highest BCUT2D eigenvalue weighted by molar-refractivity contribution is 5.91. The summed E-state index contributed by atoms with van der Waals surface area (Å²) in [7, 11) is 1.63. The van der Waals surface area contributed by atoms with Gasteiger partial charge in [0.2, 0.25) is 0 Å². The number of aliphatic hydroxyl groups is 10. The summed E-state index contributed by atoms with van der Waals surface area (Å²) in [6.45, 7) is 17.2. The molecule has 2 aliphatic rings. The van der Waals surface area contributed by atoms with Crippen LogP contribution in [0.4, 0.5) is 0 Å². The van der Waals surface area contributed by atoms with E-state index in [1.54, 1.807) is 72.0 Å². The number of nitrogens with two attached hydrogens (primary N) is 1. The molecule has 1 saturated heterocycles. The monoisotopic (exact) mass is 1180 g/mol. The van der Waals surface area contributed by atoms with Crippen molar-refractivity contribution in [2.75, 3.05) is 20.2 Å². The van der Waals surface area contributed by atoms with E-state index in [9.17, 15) is 65.4 Å². The number of ether oxygens (including phenoxy) is 4. The predicted octanol–water partition coefficient (Wildman–Crippen LogP) is 5.66. The average molecular weight is 1180 g/mol. The first-order valence-corrected chi connectivity index (χ1v) is 30.5. The number of allylic oxidation sites excluding steroid dienone is 6. The molecule has 2 rings (SSSR count). The van der Waals surface area contributed by atoms with Crippen LogP contribution >= 0.6 is 0 Å². The van der Waals surface area contributed by atoms with E-state index in [4.69, 9.17) is 24.7 Å². The molecule has 2 aliphatic heterocycles. The molecular weight excluding hydrogens is 1070 g/mol. The quantitative estimate of drug-likeness (QED) is 0.0159. The molecule has 0 spiro atoms. The number of carbonyl (C=O) groups is 3. The van der Waals surface area contributed by atoms with Crippen molar-refractivity contribution in [1.29, 1.82) is 0 Å². The molecule has 19 atom stereocenters. The van der Waals surface area contributed by atoms with Crippen molar-refractivity contribution in [3.05, 3.63) is 59.8 Å². The molecule has 478 valence electrons. The van der Waals surface area contributed by atoms with E-state index in [2.05, 4.69) is 22.5 Å². The lowest BCUT2D eigenvalue weighted by atomic mass is 9.84. The number of cyclic esters (lactones) is 1. The van der Waals surface area contributed by atoms with Crippen molar-refractivity contribution < 1.29 is 84.4 Å². The fourth-order valence-electron chi connectivity index (χ4n) is 10.5. The lowest BCUT2D eigenvalue weighted by molar-refractivity contribution is -0.333. The Hall–Kier alpha value is -4.06. The fraction of sp³-hybridized carbons (Fsp3) is 0.778. The molecule has 0 saturated carbocycles. The van der Waals surface area contributed by atoms with Gasteiger partial charge < -0.3 is 81.1 Å². The van der Waals surface area contributed by atoms with Gasteiger partial charge in [0.1, 0.15) is 24.7 Å². The number of unbranched alkanes of at least 4 members (excludes halogenated alkanes) is 2. The number of fused-ring (bicyclic) bond motifs is 2. The Morgan fingerprint density at radius 2 is 1.43 bits per heavy atom. The van der Waals surface area contributed by atoms with E-state index in [1.165, 1.54) is 0 Å². The molecular formula is C63H109N3O17. The number of hydrogen-bond acceptors (Lipinski definition) is 18. The average Bonchev–Trinajstić information content (AvgIpc) is 3.52. The third-order valence-corrected chi connectivity index (χ3v) is 16.5. The van der Waals surface area contributed by atoms with Crippen LogP contribution in [0.3, 0.4) is 0 Å². The Balaban J connectivity index is 2.49. The molecule has 2 heterocycles. The van der Waals surface area contributed by atoms with Crippen molar-refractivity contribution >= 4 is 23.9 Å². The Kier molecular flexibility index (Phi) is 35.8. The molecule has 0 aromatic rings. The SMILES string of the molecule is CCCC(CC)COC(=O)CC(=O)OC1CC(O)CC2CC(O)C(O)C(O)(CC(O)C(C)CCC(O)C(C)C(O)CC(O)C(C)C=CC=C(C)C(=O)OC(C(C)CCCC=CCCCNC(N)=NC)C(C)C=CC=C(C)C(O)CC(O)C1)O2. The van der Waals surface area contributed by atoms with E-state index in [1.807, 2.05) is 33.8 Å². The molecule has 20 nitrogen and oxygen atoms in total. The minimum absolute atomic E-state index is 0.0632. The van der Waals surface area contributed by atoms with Gasteiger partial charge in [0.05, 0.1) is 61.5 Å². The van der Waals surface area contributed by atoms with Crippen LogP contribution in [0.1, 0.15) is 178 Å². The molecule has 19 unspecified atom stereocenters. The number of nitrogens with zero attached hydrogens (tertiary/aromatic N) is 1. The van der Waals surface area contributed by atoms with Gasteiger partial charge in [-0.1, -0.05) is 110 Å². The first-order valence-electron chi connectivity index (χ1n) is 30.5. The molecule has 2 bridgehead atoms. The van der Waals surface area contributed by atoms with Crippen LogP contribution in [-0.4, -0.2) is 174 Å². The van der Waals surface area contributed by atoms with Gasteiger partial charge >= 0.3 is 17.9 Å². The second kappa shape index (κ2) is 39.6. The summed E-state index contributed by atoms with van der Waals surface area (Å²) in [4.78, 5) is 43.6. The van der Waals surface area contributed by atoms with Gasteiger partial charge in [-0.3, -0.25) is 14.6 Å². The van der Waals surface area contributed by atoms with E-state index in [0.29, 0.717) is 23.7 Å². The molecule has 1 fully saturated rings. The minimum Gasteiger partial charge on any atom is -0.465 e. The summed E-state index contributed by atoms with van der Waals surface area (Å²) in [5.41, 5.74) is 6.51. The maximum atomic E-state index is 13.7. The van der Waals surface area contributed by atoms with Crippen molar-refractivity contribution in [3.8, 4) is 0 Å². The van der Waals surface area contributed by atoms with E-state index in [-0.39, 0.29) is 75.7 Å². The lowest BCUT2D eigenvalue weighted by Crippen LogP contribution is -2.59. The number of aliphatic hydroxyl groups excluding tert-OH is 9. The fourth-order valence-corrected chi connectivity index (χ4v) is 10.5. The smallest absolute Gasteiger partial charge is 0.334 e. The first-order chi connectivity index (χ1) is 39.1. The molecule has 0 radical (unpaired) electrons. The maximum absolute atomic E-state index is 13.7. The molecule has 0 aromatic heterocycles. The minimum atomic E-state index is -2.48. The summed E-state index contributed by atoms with van der Waals surface area (Å²) in [5, 5.41) is 115. The highest BCUT2D eigenvalue weighted by Gasteiger charge is 2.50. The highest BCUT2D eigenvalue weighted by atomic mass is 16.7. The number of guanidine groups is 1. The van der Waals surface area contributed by atoms with E-state index >= 15 is 0 Å². The number of aliphatic imine (C=N–C) groups is 1. The zero-order chi connectivity index (χ0) is 62.4. The Labute approximate surface area is 495 Å².